The van der Waals surface area contributed by atoms with E-state index in [-0.39, 0.29) is 0 Å². The zero-order valence-corrected chi connectivity index (χ0v) is 34.5. The highest BCUT2D eigenvalue weighted by atomic mass is 15.2. The van der Waals surface area contributed by atoms with Gasteiger partial charge in [0.05, 0.1) is 55.5 Å². The fourth-order valence-electron chi connectivity index (χ4n) is 10.5. The number of para-hydroxylation sites is 8. The Balaban J connectivity index is 1.07. The number of hydrogen-bond donors (Lipinski definition) is 0. The average molecular weight is 817 g/mol. The minimum absolute atomic E-state index is 0.599. The molecule has 14 rings (SSSR count). The van der Waals surface area contributed by atoms with E-state index in [2.05, 4.69) is 237 Å². The Hall–Kier alpha value is -8.74. The van der Waals surface area contributed by atoms with Crippen molar-refractivity contribution in [1.29, 1.82) is 0 Å². The van der Waals surface area contributed by atoms with Crippen LogP contribution < -0.4 is 0 Å². The third-order valence-electron chi connectivity index (χ3n) is 13.2. The number of fused-ring (bicyclic) bond motifs is 12. The van der Waals surface area contributed by atoms with E-state index < -0.39 is 0 Å². The van der Waals surface area contributed by atoms with E-state index in [0.717, 1.165) is 72.3 Å². The Kier molecular flexibility index (Phi) is 7.30. The first-order chi connectivity index (χ1) is 31.8. The topological polar surface area (TPSA) is 45.5 Å². The standard InChI is InChI=1S/C58H36N6/c1-9-25-48-38(17-1)39-18-2-10-26-49(39)61(48)37-33-34-56-46(35-37)44-23-7-15-31-54(44)64(56)58-59-47(36-57(60-58)63-52-29-13-5-21-42(52)43-22-6-14-30-53(43)63)45-24-8-16-32-55(45)62-50-27-11-3-19-40(50)41-20-4-12-28-51(41)62/h1-36H. The molecule has 0 N–H and O–H groups in total. The van der Waals surface area contributed by atoms with Crippen molar-refractivity contribution in [2.45, 2.75) is 0 Å². The van der Waals surface area contributed by atoms with Gasteiger partial charge < -0.3 is 9.13 Å². The summed E-state index contributed by atoms with van der Waals surface area (Å²) >= 11 is 0. The van der Waals surface area contributed by atoms with Crippen molar-refractivity contribution in [2.24, 2.45) is 0 Å². The molecule has 5 heterocycles. The third-order valence-corrected chi connectivity index (χ3v) is 13.2. The second-order valence-electron chi connectivity index (χ2n) is 16.6. The van der Waals surface area contributed by atoms with Crippen molar-refractivity contribution in [1.82, 2.24) is 28.2 Å². The number of aromatic nitrogens is 6. The van der Waals surface area contributed by atoms with E-state index in [4.69, 9.17) is 9.97 Å². The molecule has 0 aliphatic rings. The largest absolute Gasteiger partial charge is 0.309 e. The van der Waals surface area contributed by atoms with Gasteiger partial charge in [-0.15, -0.1) is 0 Å². The van der Waals surface area contributed by atoms with Crippen LogP contribution in [0.5, 0.6) is 0 Å². The summed E-state index contributed by atoms with van der Waals surface area (Å²) < 4.78 is 9.33. The predicted octanol–water partition coefficient (Wildman–Crippen LogP) is 14.5. The van der Waals surface area contributed by atoms with Gasteiger partial charge in [-0.2, -0.15) is 4.98 Å². The van der Waals surface area contributed by atoms with Gasteiger partial charge >= 0.3 is 0 Å². The van der Waals surface area contributed by atoms with Crippen molar-refractivity contribution >= 4 is 87.2 Å². The molecule has 0 radical (unpaired) electrons. The highest BCUT2D eigenvalue weighted by molar-refractivity contribution is 6.13. The molecule has 0 bridgehead atoms. The smallest absolute Gasteiger partial charge is 0.237 e. The summed E-state index contributed by atoms with van der Waals surface area (Å²) in [6, 6.07) is 78.3. The second-order valence-corrected chi connectivity index (χ2v) is 16.6. The van der Waals surface area contributed by atoms with E-state index in [1.165, 1.54) is 43.4 Å². The minimum Gasteiger partial charge on any atom is -0.309 e. The Morgan fingerprint density at radius 1 is 0.266 bits per heavy atom. The maximum absolute atomic E-state index is 5.62. The molecule has 298 valence electrons. The van der Waals surface area contributed by atoms with Gasteiger partial charge in [0.2, 0.25) is 5.95 Å². The highest BCUT2D eigenvalue weighted by Gasteiger charge is 2.23. The minimum atomic E-state index is 0.599. The van der Waals surface area contributed by atoms with Crippen LogP contribution in [-0.4, -0.2) is 28.2 Å². The third kappa shape index (κ3) is 4.90. The second kappa shape index (κ2) is 13.4. The lowest BCUT2D eigenvalue weighted by Gasteiger charge is -2.17. The normalized spacial score (nSPS) is 12.1. The number of rotatable bonds is 5. The SMILES string of the molecule is c1ccc(-n2c3ccccc3c3ccccc32)c(-c2cc(-n3c4ccccc4c4ccccc43)nc(-n3c4ccccc4c4cc(-n5c6ccccc6c6ccccc65)ccc43)n2)c1. The Labute approximate surface area is 366 Å². The van der Waals surface area contributed by atoms with Gasteiger partial charge in [-0.05, 0) is 66.7 Å². The maximum Gasteiger partial charge on any atom is 0.237 e. The maximum atomic E-state index is 5.62. The first-order valence-electron chi connectivity index (χ1n) is 21.8. The van der Waals surface area contributed by atoms with Crippen molar-refractivity contribution in [3.8, 4) is 34.4 Å². The molecule has 6 nitrogen and oxygen atoms in total. The zero-order valence-electron chi connectivity index (χ0n) is 34.5. The van der Waals surface area contributed by atoms with E-state index in [0.29, 0.717) is 5.95 Å². The van der Waals surface area contributed by atoms with Gasteiger partial charge in [0, 0.05) is 60.4 Å². The number of nitrogens with zero attached hydrogens (tertiary/aromatic N) is 6. The first kappa shape index (κ1) is 34.9. The average Bonchev–Trinajstić information content (AvgIpc) is 4.09. The summed E-state index contributed by atoms with van der Waals surface area (Å²) in [5.41, 5.74) is 12.9. The summed E-state index contributed by atoms with van der Waals surface area (Å²) in [6.45, 7) is 0. The summed E-state index contributed by atoms with van der Waals surface area (Å²) in [5.74, 6) is 1.39. The van der Waals surface area contributed by atoms with Crippen LogP contribution in [0.25, 0.3) is 122 Å². The Bertz CT molecular complexity index is 4060. The van der Waals surface area contributed by atoms with E-state index in [9.17, 15) is 0 Å². The monoisotopic (exact) mass is 816 g/mol. The summed E-state index contributed by atoms with van der Waals surface area (Å²) in [5, 5.41) is 9.54. The fourth-order valence-corrected chi connectivity index (χ4v) is 10.5. The van der Waals surface area contributed by atoms with Crippen LogP contribution in [-0.2, 0) is 0 Å². The van der Waals surface area contributed by atoms with Gasteiger partial charge in [-0.3, -0.25) is 9.13 Å². The Morgan fingerprint density at radius 3 is 1.14 bits per heavy atom. The molecular weight excluding hydrogens is 781 g/mol. The van der Waals surface area contributed by atoms with Crippen molar-refractivity contribution < 1.29 is 0 Å². The molecule has 0 aliphatic carbocycles. The summed E-state index contributed by atoms with van der Waals surface area (Å²) in [4.78, 5) is 11.2. The molecule has 0 atom stereocenters. The molecule has 0 fully saturated rings. The van der Waals surface area contributed by atoms with Crippen molar-refractivity contribution in [3.05, 3.63) is 218 Å². The molecule has 6 heteroatoms. The van der Waals surface area contributed by atoms with Crippen LogP contribution in [0.1, 0.15) is 0 Å². The number of benzene rings is 9. The van der Waals surface area contributed by atoms with Crippen LogP contribution in [0.15, 0.2) is 218 Å². The fraction of sp³-hybridized carbons (Fsp3) is 0. The van der Waals surface area contributed by atoms with Crippen LogP contribution >= 0.6 is 0 Å². The lowest BCUT2D eigenvalue weighted by molar-refractivity contribution is 0.951. The van der Waals surface area contributed by atoms with Gasteiger partial charge in [-0.1, -0.05) is 146 Å². The Morgan fingerprint density at radius 2 is 0.641 bits per heavy atom. The van der Waals surface area contributed by atoms with Crippen LogP contribution in [0.4, 0.5) is 0 Å². The van der Waals surface area contributed by atoms with E-state index in [1.54, 1.807) is 0 Å². The van der Waals surface area contributed by atoms with Crippen molar-refractivity contribution in [2.75, 3.05) is 0 Å². The lowest BCUT2D eigenvalue weighted by Crippen LogP contribution is -2.08. The van der Waals surface area contributed by atoms with Gasteiger partial charge in [-0.25, -0.2) is 4.98 Å². The predicted molar refractivity (Wildman–Crippen MR) is 265 cm³/mol. The molecular formula is C58H36N6. The van der Waals surface area contributed by atoms with Gasteiger partial charge in [0.25, 0.3) is 0 Å². The lowest BCUT2D eigenvalue weighted by atomic mass is 10.1. The van der Waals surface area contributed by atoms with Crippen molar-refractivity contribution in [3.63, 3.8) is 0 Å². The van der Waals surface area contributed by atoms with Crippen LogP contribution in [0, 0.1) is 0 Å². The molecule has 5 aromatic heterocycles. The molecule has 0 unspecified atom stereocenters. The molecule has 9 aromatic carbocycles. The van der Waals surface area contributed by atoms with E-state index >= 15 is 0 Å². The summed E-state index contributed by atoms with van der Waals surface area (Å²) in [7, 11) is 0. The quantitative estimate of drug-likeness (QED) is 0.174. The molecule has 14 aromatic rings. The van der Waals surface area contributed by atoms with Crippen LogP contribution in [0.2, 0.25) is 0 Å². The summed E-state index contributed by atoms with van der Waals surface area (Å²) in [6.07, 6.45) is 0. The number of hydrogen-bond acceptors (Lipinski definition) is 2. The molecule has 0 saturated heterocycles. The molecule has 0 spiro atoms. The molecule has 0 saturated carbocycles. The van der Waals surface area contributed by atoms with Gasteiger partial charge in [0.1, 0.15) is 5.82 Å². The molecule has 64 heavy (non-hydrogen) atoms. The van der Waals surface area contributed by atoms with E-state index in [1.807, 2.05) is 0 Å². The zero-order chi connectivity index (χ0) is 41.9. The molecule has 0 aliphatic heterocycles. The first-order valence-corrected chi connectivity index (χ1v) is 21.8. The highest BCUT2D eigenvalue weighted by Crippen LogP contribution is 2.40. The van der Waals surface area contributed by atoms with Gasteiger partial charge in [0.15, 0.2) is 0 Å². The molecule has 0 amide bonds. The van der Waals surface area contributed by atoms with Crippen LogP contribution in [0.3, 0.4) is 0 Å².